The topological polar surface area (TPSA) is 95.1 Å². The molecule has 0 aliphatic carbocycles. The van der Waals surface area contributed by atoms with Crippen molar-refractivity contribution in [3.63, 3.8) is 0 Å². The molecule has 1 aromatic heterocycles. The predicted octanol–water partition coefficient (Wildman–Crippen LogP) is 1.57. The van der Waals surface area contributed by atoms with E-state index in [4.69, 9.17) is 11.6 Å². The van der Waals surface area contributed by atoms with Gasteiger partial charge >= 0.3 is 0 Å². The first-order valence-electron chi connectivity index (χ1n) is 4.49. The molecule has 0 bridgehead atoms. The summed E-state index contributed by atoms with van der Waals surface area (Å²) >= 11 is 5.66. The predicted molar refractivity (Wildman–Crippen MR) is 62.5 cm³/mol. The van der Waals surface area contributed by atoms with Crippen LogP contribution in [0.15, 0.2) is 35.7 Å². The van der Waals surface area contributed by atoms with Gasteiger partial charge in [0.15, 0.2) is 10.8 Å². The van der Waals surface area contributed by atoms with Crippen molar-refractivity contribution in [1.82, 2.24) is 9.97 Å². The Hall–Kier alpha value is -1.73. The van der Waals surface area contributed by atoms with Crippen LogP contribution in [0.5, 0.6) is 5.75 Å². The molecule has 0 aliphatic rings. The zero-order valence-corrected chi connectivity index (χ0v) is 9.96. The molecule has 0 saturated carbocycles. The molecule has 0 saturated heterocycles. The van der Waals surface area contributed by atoms with Crippen LogP contribution in [0.1, 0.15) is 0 Å². The number of aromatic nitrogens is 2. The van der Waals surface area contributed by atoms with Crippen molar-refractivity contribution in [2.45, 2.75) is 5.03 Å². The fourth-order valence-electron chi connectivity index (χ4n) is 1.19. The quantitative estimate of drug-likeness (QED) is 0.740. The van der Waals surface area contributed by atoms with Gasteiger partial charge in [-0.3, -0.25) is 4.72 Å². The standard InChI is InChI=1S/C9H8ClN3O3S/c10-6-2-1-3-7(9(6)14)13-17(15,16)8-4-11-5-12-8/h1-5,13-14H,(H,11,12). The fraction of sp³-hybridized carbons (Fsp3) is 0. The Morgan fingerprint density at radius 1 is 1.41 bits per heavy atom. The molecule has 3 N–H and O–H groups in total. The molecule has 0 unspecified atom stereocenters. The second-order valence-electron chi connectivity index (χ2n) is 3.16. The number of imidazole rings is 1. The zero-order valence-electron chi connectivity index (χ0n) is 8.38. The fourth-order valence-corrected chi connectivity index (χ4v) is 2.33. The van der Waals surface area contributed by atoms with Crippen LogP contribution < -0.4 is 4.72 Å². The third kappa shape index (κ3) is 2.34. The number of anilines is 1. The van der Waals surface area contributed by atoms with Gasteiger partial charge in [0.2, 0.25) is 0 Å². The highest BCUT2D eigenvalue weighted by molar-refractivity contribution is 7.92. The summed E-state index contributed by atoms with van der Waals surface area (Å²) in [6, 6.07) is 4.37. The summed E-state index contributed by atoms with van der Waals surface area (Å²) in [6.07, 6.45) is 2.40. The van der Waals surface area contributed by atoms with Crippen LogP contribution in [0.3, 0.4) is 0 Å². The normalized spacial score (nSPS) is 11.4. The van der Waals surface area contributed by atoms with E-state index in [1.807, 2.05) is 0 Å². The van der Waals surface area contributed by atoms with Gasteiger partial charge in [-0.1, -0.05) is 17.7 Å². The maximum atomic E-state index is 11.8. The summed E-state index contributed by atoms with van der Waals surface area (Å²) in [5.41, 5.74) is 0.00657. The number of para-hydroxylation sites is 1. The highest BCUT2D eigenvalue weighted by atomic mass is 35.5. The van der Waals surface area contributed by atoms with Crippen molar-refractivity contribution in [3.8, 4) is 5.75 Å². The van der Waals surface area contributed by atoms with Gasteiger partial charge in [0.25, 0.3) is 10.0 Å². The maximum absolute atomic E-state index is 11.8. The number of hydrogen-bond donors (Lipinski definition) is 3. The molecule has 90 valence electrons. The van der Waals surface area contributed by atoms with Gasteiger partial charge in [-0.15, -0.1) is 0 Å². The van der Waals surface area contributed by atoms with E-state index in [2.05, 4.69) is 14.7 Å². The number of H-pyrrole nitrogens is 1. The first kappa shape index (κ1) is 11.7. The van der Waals surface area contributed by atoms with Gasteiger partial charge < -0.3 is 10.1 Å². The van der Waals surface area contributed by atoms with Crippen LogP contribution in [0.2, 0.25) is 5.02 Å². The van der Waals surface area contributed by atoms with Crippen molar-refractivity contribution >= 4 is 27.3 Å². The number of phenols is 1. The number of phenolic OH excluding ortho intramolecular Hbond substituents is 1. The molecule has 2 rings (SSSR count). The van der Waals surface area contributed by atoms with Crippen LogP contribution in [0.25, 0.3) is 0 Å². The lowest BCUT2D eigenvalue weighted by molar-refractivity contribution is 0.478. The van der Waals surface area contributed by atoms with E-state index >= 15 is 0 Å². The van der Waals surface area contributed by atoms with E-state index in [0.29, 0.717) is 0 Å². The third-order valence-electron chi connectivity index (χ3n) is 1.99. The van der Waals surface area contributed by atoms with Crippen molar-refractivity contribution in [1.29, 1.82) is 0 Å². The van der Waals surface area contributed by atoms with Crippen LogP contribution in [0.4, 0.5) is 5.69 Å². The average Bonchev–Trinajstić information content (AvgIpc) is 2.78. The largest absolute Gasteiger partial charge is 0.504 e. The molecule has 2 aromatic rings. The maximum Gasteiger partial charge on any atom is 0.279 e. The molecule has 8 heteroatoms. The first-order valence-corrected chi connectivity index (χ1v) is 6.35. The molecule has 0 atom stereocenters. The van der Waals surface area contributed by atoms with Crippen LogP contribution >= 0.6 is 11.6 Å². The van der Waals surface area contributed by atoms with Crippen molar-refractivity contribution in [2.24, 2.45) is 0 Å². The van der Waals surface area contributed by atoms with Gasteiger partial charge in [0.1, 0.15) is 0 Å². The van der Waals surface area contributed by atoms with E-state index < -0.39 is 10.0 Å². The summed E-state index contributed by atoms with van der Waals surface area (Å²) in [5, 5.41) is 9.54. The molecule has 0 radical (unpaired) electrons. The van der Waals surface area contributed by atoms with Crippen LogP contribution in [0, 0.1) is 0 Å². The number of sulfonamides is 1. The van der Waals surface area contributed by atoms with Gasteiger partial charge in [0.05, 0.1) is 23.2 Å². The lowest BCUT2D eigenvalue weighted by Gasteiger charge is -2.08. The molecule has 0 aliphatic heterocycles. The van der Waals surface area contributed by atoms with Crippen molar-refractivity contribution in [3.05, 3.63) is 35.7 Å². The molecular formula is C9H8ClN3O3S. The molecule has 0 spiro atoms. The molecule has 1 heterocycles. The molecule has 0 amide bonds. The SMILES string of the molecule is O=S(=O)(Nc1cccc(Cl)c1O)c1cnc[nH]1. The Morgan fingerprint density at radius 2 is 2.18 bits per heavy atom. The molecule has 6 nitrogen and oxygen atoms in total. The number of aromatic amines is 1. The van der Waals surface area contributed by atoms with Gasteiger partial charge in [-0.25, -0.2) is 4.98 Å². The number of nitrogens with zero attached hydrogens (tertiary/aromatic N) is 1. The summed E-state index contributed by atoms with van der Waals surface area (Å²) in [7, 11) is -3.80. The lowest BCUT2D eigenvalue weighted by atomic mass is 10.3. The van der Waals surface area contributed by atoms with Crippen LogP contribution in [-0.2, 0) is 10.0 Å². The van der Waals surface area contributed by atoms with Gasteiger partial charge in [0, 0.05) is 0 Å². The Bertz CT molecular complexity index is 625. The van der Waals surface area contributed by atoms with Crippen molar-refractivity contribution < 1.29 is 13.5 Å². The smallest absolute Gasteiger partial charge is 0.279 e. The van der Waals surface area contributed by atoms with Crippen LogP contribution in [-0.4, -0.2) is 23.5 Å². The van der Waals surface area contributed by atoms with E-state index in [0.717, 1.165) is 6.20 Å². The Balaban J connectivity index is 2.37. The Morgan fingerprint density at radius 3 is 2.82 bits per heavy atom. The minimum Gasteiger partial charge on any atom is -0.504 e. The highest BCUT2D eigenvalue weighted by Gasteiger charge is 2.17. The summed E-state index contributed by atoms with van der Waals surface area (Å²) in [6.45, 7) is 0. The molecule has 0 fully saturated rings. The zero-order chi connectivity index (χ0) is 12.5. The Kier molecular flexibility index (Phi) is 2.95. The Labute approximate surface area is 102 Å². The van der Waals surface area contributed by atoms with E-state index in [-0.39, 0.29) is 21.5 Å². The summed E-state index contributed by atoms with van der Waals surface area (Å²) < 4.78 is 25.8. The number of benzene rings is 1. The number of rotatable bonds is 3. The van der Waals surface area contributed by atoms with E-state index in [9.17, 15) is 13.5 Å². The molecular weight excluding hydrogens is 266 g/mol. The van der Waals surface area contributed by atoms with Gasteiger partial charge in [-0.05, 0) is 12.1 Å². The van der Waals surface area contributed by atoms with Gasteiger partial charge in [-0.2, -0.15) is 8.42 Å². The van der Waals surface area contributed by atoms with Crippen molar-refractivity contribution in [2.75, 3.05) is 4.72 Å². The molecule has 1 aromatic carbocycles. The molecule has 17 heavy (non-hydrogen) atoms. The minimum atomic E-state index is -3.80. The minimum absolute atomic E-state index is 0.00657. The third-order valence-corrected chi connectivity index (χ3v) is 3.59. The second-order valence-corrected chi connectivity index (χ2v) is 5.22. The summed E-state index contributed by atoms with van der Waals surface area (Å²) in [5.74, 6) is -0.322. The number of hydrogen-bond acceptors (Lipinski definition) is 4. The summed E-state index contributed by atoms with van der Waals surface area (Å²) in [4.78, 5) is 6.06. The lowest BCUT2D eigenvalue weighted by Crippen LogP contribution is -2.13. The highest BCUT2D eigenvalue weighted by Crippen LogP contribution is 2.32. The first-order chi connectivity index (χ1) is 8.00. The van der Waals surface area contributed by atoms with E-state index in [1.165, 1.54) is 24.5 Å². The van der Waals surface area contributed by atoms with E-state index in [1.54, 1.807) is 0 Å². The average molecular weight is 274 g/mol. The number of aromatic hydroxyl groups is 1. The monoisotopic (exact) mass is 273 g/mol. The second kappa shape index (κ2) is 4.27. The number of halogens is 1. The number of nitrogens with one attached hydrogen (secondary N) is 2.